The van der Waals surface area contributed by atoms with Crippen LogP contribution in [0, 0.1) is 20.8 Å². The molecule has 556 valence electrons. The second-order valence-electron chi connectivity index (χ2n) is 27.8. The SMILES string of the molecule is CC(C)(C)OC(=O)N1CCc2cn[nH]c2C1.Cc1cc(C2CCN(C(=O)c3n[nH]c4c3CCN(C(=O)OC(C)(C)C)C4)CC2)cc(C(F)(F)F)c1.Cc1cc(C2CCN(C(=O)c3n[nH]c4c3CCNC4)CC2)cc(C(F)(F)F)c1.Cc1cc(C2CCNCC2)cc(C(F)(F)F)c1.Cl.Cl.O=C=O.[HH]. The normalized spacial score (nSPS) is 16.7. The number of H-pyrrole nitrogens is 3. The highest BCUT2D eigenvalue weighted by Crippen LogP contribution is 2.39. The van der Waals surface area contributed by atoms with Crippen LogP contribution in [-0.2, 0) is 76.5 Å². The quantitative estimate of drug-likeness (QED) is 0.101. The van der Waals surface area contributed by atoms with E-state index in [4.69, 9.17) is 19.1 Å². The third-order valence-corrected chi connectivity index (χ3v) is 17.9. The monoisotopic (exact) mass is 1470 g/mol. The smallest absolute Gasteiger partial charge is 0.416 e. The van der Waals surface area contributed by atoms with Crippen molar-refractivity contribution in [2.45, 2.75) is 187 Å². The Kier molecular flexibility index (Phi) is 28.2. The first kappa shape index (κ1) is 82.0. The van der Waals surface area contributed by atoms with E-state index in [1.54, 1.807) is 46.4 Å². The van der Waals surface area contributed by atoms with E-state index in [-0.39, 0.29) is 68.1 Å². The molecule has 20 nitrogen and oxygen atoms in total. The van der Waals surface area contributed by atoms with Crippen molar-refractivity contribution >= 4 is 55.0 Å². The summed E-state index contributed by atoms with van der Waals surface area (Å²) in [4.78, 5) is 73.3. The molecule has 0 aliphatic carbocycles. The van der Waals surface area contributed by atoms with Crippen LogP contribution in [0.2, 0.25) is 0 Å². The van der Waals surface area contributed by atoms with Gasteiger partial charge in [0, 0.05) is 58.4 Å². The first-order valence-corrected chi connectivity index (χ1v) is 33.1. The highest BCUT2D eigenvalue weighted by molar-refractivity contribution is 5.95. The topological polar surface area (TPSA) is 244 Å². The number of hydrogen-bond donors (Lipinski definition) is 5. The van der Waals surface area contributed by atoms with Crippen LogP contribution in [-0.4, -0.2) is 150 Å². The fraction of sp³-hybridized carbons (Fsp3) is 0.543. The number of amides is 4. The third kappa shape index (κ3) is 22.8. The Morgan fingerprint density at radius 3 is 1.26 bits per heavy atom. The molecule has 0 spiro atoms. The summed E-state index contributed by atoms with van der Waals surface area (Å²) in [5, 5.41) is 27.6. The molecule has 0 saturated carbocycles. The molecule has 0 atom stereocenters. The van der Waals surface area contributed by atoms with Crippen molar-refractivity contribution in [3.05, 3.63) is 156 Å². The summed E-state index contributed by atoms with van der Waals surface area (Å²) < 4.78 is 128. The Morgan fingerprint density at radius 1 is 0.475 bits per heavy atom. The number of carbonyl (C=O) groups is 4. The highest BCUT2D eigenvalue weighted by atomic mass is 35.5. The molecule has 0 radical (unpaired) electrons. The van der Waals surface area contributed by atoms with Gasteiger partial charge in [-0.15, -0.1) is 24.8 Å². The van der Waals surface area contributed by atoms with E-state index < -0.39 is 52.5 Å². The molecular weight excluding hydrogens is 1380 g/mol. The molecule has 0 bridgehead atoms. The van der Waals surface area contributed by atoms with Crippen molar-refractivity contribution in [1.29, 1.82) is 0 Å². The first-order valence-electron chi connectivity index (χ1n) is 33.1. The summed E-state index contributed by atoms with van der Waals surface area (Å²) in [6.45, 7) is 23.3. The minimum atomic E-state index is -4.38. The average molecular weight is 1470 g/mol. The lowest BCUT2D eigenvalue weighted by Crippen LogP contribution is -2.41. The predicted molar refractivity (Wildman–Crippen MR) is 363 cm³/mol. The van der Waals surface area contributed by atoms with E-state index in [2.05, 4.69) is 41.2 Å². The Morgan fingerprint density at radius 2 is 0.851 bits per heavy atom. The van der Waals surface area contributed by atoms with E-state index in [1.807, 2.05) is 59.9 Å². The van der Waals surface area contributed by atoms with Crippen LogP contribution in [0.25, 0.3) is 0 Å². The van der Waals surface area contributed by atoms with Gasteiger partial charge in [-0.2, -0.15) is 64.4 Å². The van der Waals surface area contributed by atoms with Gasteiger partial charge in [0.25, 0.3) is 11.8 Å². The number of aryl methyl sites for hydroxylation is 3. The van der Waals surface area contributed by atoms with Crippen LogP contribution in [0.4, 0.5) is 49.1 Å². The second kappa shape index (κ2) is 34.8. The van der Waals surface area contributed by atoms with Crippen LogP contribution < -0.4 is 10.6 Å². The van der Waals surface area contributed by atoms with Gasteiger partial charge in [0.15, 0.2) is 11.4 Å². The molecule has 0 unspecified atom stereocenters. The molecule has 3 aromatic carbocycles. The Hall–Kier alpha value is -7.98. The number of piperidine rings is 3. The molecule has 9 heterocycles. The number of ether oxygens (including phenoxy) is 2. The standard InChI is InChI=1S/C25H31F3N4O3.C20H23F3N4O.C13H16F3N.C11H17N3O2.CO2.2ClH.H2/c1-15-11-17(13-18(12-15)25(26,27)28)16-5-8-31(9-6-16)22(33)21-19-7-10-32(14-20(19)29-30-21)23(34)35-24(2,3)4;1-12-8-14(10-15(9-12)20(21,22)23)13-3-6-27(7-4-13)19(28)18-16-2-5-24-11-17(16)25-26-18;1-9-6-11(10-2-4-17-5-3-10)8-12(7-9)13(14,15)16;1-11(2,3)16-10(15)14-5-4-8-6-12-13-9(8)7-14;2-1-3;;;/h11-13,16H,5-10,14H2,1-4H3,(H,29,30);8-10,13,24H,2-7,11H2,1H3,(H,25,26);6-8,10,17H,2-5H2,1H3;6H,4-5,7H2,1-3H3,(H,12,13);;3*1H. The Balaban J connectivity index is 0.000000250. The number of aromatic amines is 3. The summed E-state index contributed by atoms with van der Waals surface area (Å²) in [7, 11) is 0. The molecule has 31 heteroatoms. The van der Waals surface area contributed by atoms with E-state index >= 15 is 0 Å². The van der Waals surface area contributed by atoms with Crippen LogP contribution >= 0.6 is 24.8 Å². The summed E-state index contributed by atoms with van der Waals surface area (Å²) >= 11 is 0. The molecule has 6 aromatic rings. The Labute approximate surface area is 594 Å². The second-order valence-corrected chi connectivity index (χ2v) is 27.8. The van der Waals surface area contributed by atoms with Crippen LogP contribution in [0.3, 0.4) is 0 Å². The molecule has 12 rings (SSSR count). The number of likely N-dealkylation sites (tertiary alicyclic amines) is 2. The van der Waals surface area contributed by atoms with Gasteiger partial charge >= 0.3 is 36.9 Å². The van der Waals surface area contributed by atoms with Crippen LogP contribution in [0.15, 0.2) is 60.8 Å². The first-order chi connectivity index (χ1) is 46.5. The van der Waals surface area contributed by atoms with E-state index in [1.165, 1.54) is 35.9 Å². The summed E-state index contributed by atoms with van der Waals surface area (Å²) in [5.41, 5.74) is 7.85. The fourth-order valence-electron chi connectivity index (χ4n) is 13.0. The maximum absolute atomic E-state index is 13.2. The lowest BCUT2D eigenvalue weighted by molar-refractivity contribution is -0.191. The summed E-state index contributed by atoms with van der Waals surface area (Å²) in [6.07, 6.45) is -5.13. The Bertz CT molecular complexity index is 3820. The van der Waals surface area contributed by atoms with Gasteiger partial charge < -0.3 is 39.7 Å². The predicted octanol–water partition coefficient (Wildman–Crippen LogP) is 14.1. The van der Waals surface area contributed by atoms with Gasteiger partial charge in [0.2, 0.25) is 0 Å². The van der Waals surface area contributed by atoms with Gasteiger partial charge in [0.05, 0.1) is 53.1 Å². The maximum Gasteiger partial charge on any atom is 0.416 e. The van der Waals surface area contributed by atoms with Gasteiger partial charge in [-0.1, -0.05) is 34.9 Å². The van der Waals surface area contributed by atoms with Gasteiger partial charge in [-0.25, -0.2) is 9.59 Å². The molecule has 4 amide bonds. The van der Waals surface area contributed by atoms with Gasteiger partial charge in [0.1, 0.15) is 11.2 Å². The number of hydrogen-bond acceptors (Lipinski definition) is 13. The molecule has 101 heavy (non-hydrogen) atoms. The van der Waals surface area contributed by atoms with Crippen molar-refractivity contribution in [3.8, 4) is 0 Å². The van der Waals surface area contributed by atoms with E-state index in [9.17, 15) is 58.7 Å². The molecule has 3 saturated heterocycles. The molecular formula is C70H91Cl2F9N12O8. The van der Waals surface area contributed by atoms with Gasteiger partial charge in [-0.05, 0) is 216 Å². The molecule has 3 fully saturated rings. The number of halogens is 11. The zero-order valence-corrected chi connectivity index (χ0v) is 59.6. The van der Waals surface area contributed by atoms with E-state index in [0.29, 0.717) is 130 Å². The van der Waals surface area contributed by atoms with Crippen molar-refractivity contribution in [1.82, 2.24) is 60.8 Å². The van der Waals surface area contributed by atoms with Crippen LogP contribution in [0.5, 0.6) is 0 Å². The zero-order chi connectivity index (χ0) is 72.4. The van der Waals surface area contributed by atoms with Crippen molar-refractivity contribution in [2.75, 3.05) is 58.9 Å². The fourth-order valence-corrected chi connectivity index (χ4v) is 13.0. The van der Waals surface area contributed by atoms with E-state index in [0.717, 1.165) is 85.2 Å². The molecule has 3 aromatic heterocycles. The zero-order valence-electron chi connectivity index (χ0n) is 58.0. The van der Waals surface area contributed by atoms with Crippen LogP contribution in [0.1, 0.15) is 204 Å². The summed E-state index contributed by atoms with van der Waals surface area (Å²) in [5.74, 6) is -0.0138. The molecule has 6 aliphatic heterocycles. The summed E-state index contributed by atoms with van der Waals surface area (Å²) in [6, 6.07) is 12.9. The number of aromatic nitrogens is 6. The lowest BCUT2D eigenvalue weighted by atomic mass is 9.87. The highest BCUT2D eigenvalue weighted by Gasteiger charge is 2.38. The number of nitrogens with one attached hydrogen (secondary N) is 5. The van der Waals surface area contributed by atoms with Gasteiger partial charge in [-0.3, -0.25) is 24.9 Å². The molecule has 6 aliphatic rings. The van der Waals surface area contributed by atoms with Crippen molar-refractivity contribution in [3.63, 3.8) is 0 Å². The number of nitrogens with zero attached hydrogens (tertiary/aromatic N) is 7. The largest absolute Gasteiger partial charge is 0.444 e. The number of carbonyl (C=O) groups excluding carboxylic acids is 6. The number of fused-ring (bicyclic) bond motifs is 3. The number of alkyl halides is 9. The third-order valence-electron chi connectivity index (χ3n) is 17.9. The minimum absolute atomic E-state index is 0. The number of benzene rings is 3. The average Bonchev–Trinajstić information content (AvgIpc) is 1.56. The lowest BCUT2D eigenvalue weighted by Gasteiger charge is -2.33. The minimum Gasteiger partial charge on any atom is -0.444 e. The van der Waals surface area contributed by atoms with Crippen molar-refractivity contribution in [2.24, 2.45) is 0 Å². The molecule has 5 N–H and O–H groups in total. The maximum atomic E-state index is 13.2. The van der Waals surface area contributed by atoms with Crippen molar-refractivity contribution < 1.29 is 79.2 Å². The number of rotatable bonds is 5.